The number of fused-ring (bicyclic) bond motifs is 1. The van der Waals surface area contributed by atoms with Crippen molar-refractivity contribution in [3.05, 3.63) is 35.4 Å². The lowest BCUT2D eigenvalue weighted by atomic mass is 10.1. The average Bonchev–Trinajstić information content (AvgIpc) is 2.81. The Morgan fingerprint density at radius 2 is 1.68 bits per heavy atom. The molecule has 25 heavy (non-hydrogen) atoms. The van der Waals surface area contributed by atoms with Crippen LogP contribution in [0.25, 0.3) is 0 Å². The third kappa shape index (κ3) is 4.23. The molecule has 0 atom stereocenters. The molecule has 0 saturated heterocycles. The number of hydrogen-bond donors (Lipinski definition) is 1. The van der Waals surface area contributed by atoms with Crippen LogP contribution in [0.2, 0.25) is 0 Å². The van der Waals surface area contributed by atoms with Crippen LogP contribution in [0.4, 0.5) is 0 Å². The Morgan fingerprint density at radius 1 is 1.12 bits per heavy atom. The van der Waals surface area contributed by atoms with E-state index in [1.165, 1.54) is 4.90 Å². The summed E-state index contributed by atoms with van der Waals surface area (Å²) in [4.78, 5) is 51.2. The van der Waals surface area contributed by atoms with Gasteiger partial charge in [0.2, 0.25) is 11.8 Å². The monoisotopic (exact) mass is 345 g/mol. The number of nitrogens with one attached hydrogen (secondary N) is 1. The molecular weight excluding hydrogens is 322 g/mol. The second kappa shape index (κ2) is 7.92. The largest absolute Gasteiger partial charge is 0.352 e. The lowest BCUT2D eigenvalue weighted by Gasteiger charge is -2.22. The van der Waals surface area contributed by atoms with Gasteiger partial charge in [0, 0.05) is 25.6 Å². The van der Waals surface area contributed by atoms with E-state index in [2.05, 4.69) is 5.32 Å². The molecule has 1 heterocycles. The van der Waals surface area contributed by atoms with Crippen LogP contribution in [0.3, 0.4) is 0 Å². The first kappa shape index (κ1) is 18.6. The molecule has 1 N–H and O–H groups in total. The van der Waals surface area contributed by atoms with Crippen molar-refractivity contribution in [1.82, 2.24) is 15.1 Å². The quantitative estimate of drug-likeness (QED) is 0.748. The maximum Gasteiger partial charge on any atom is 0.261 e. The van der Waals surface area contributed by atoms with Gasteiger partial charge >= 0.3 is 0 Å². The van der Waals surface area contributed by atoms with Crippen LogP contribution in [0, 0.1) is 0 Å². The first-order valence-electron chi connectivity index (χ1n) is 8.37. The van der Waals surface area contributed by atoms with Gasteiger partial charge in [-0.1, -0.05) is 12.1 Å². The van der Waals surface area contributed by atoms with E-state index in [-0.39, 0.29) is 49.2 Å². The van der Waals surface area contributed by atoms with Gasteiger partial charge in [0.05, 0.1) is 17.7 Å². The van der Waals surface area contributed by atoms with Gasteiger partial charge in [0.15, 0.2) is 0 Å². The lowest BCUT2D eigenvalue weighted by molar-refractivity contribution is -0.136. The van der Waals surface area contributed by atoms with Crippen molar-refractivity contribution >= 4 is 23.6 Å². The van der Waals surface area contributed by atoms with Crippen molar-refractivity contribution in [3.8, 4) is 0 Å². The Kier molecular flexibility index (Phi) is 5.90. The van der Waals surface area contributed by atoms with Crippen molar-refractivity contribution in [3.63, 3.8) is 0 Å². The van der Waals surface area contributed by atoms with Crippen LogP contribution in [-0.4, -0.2) is 59.1 Å². The van der Waals surface area contributed by atoms with Gasteiger partial charge in [-0.25, -0.2) is 0 Å². The molecule has 1 aliphatic rings. The number of likely N-dealkylation sites (N-methyl/N-ethyl adjacent to an activating group) is 1. The number of imide groups is 1. The predicted octanol–water partition coefficient (Wildman–Crippen LogP) is 1.05. The van der Waals surface area contributed by atoms with Crippen molar-refractivity contribution in [1.29, 1.82) is 0 Å². The van der Waals surface area contributed by atoms with Crippen molar-refractivity contribution in [2.45, 2.75) is 33.2 Å². The fraction of sp³-hybridized carbons (Fsp3) is 0.444. The first-order chi connectivity index (χ1) is 11.8. The fourth-order valence-corrected chi connectivity index (χ4v) is 2.73. The molecule has 1 aromatic carbocycles. The van der Waals surface area contributed by atoms with Crippen LogP contribution in [0.5, 0.6) is 0 Å². The van der Waals surface area contributed by atoms with E-state index in [4.69, 9.17) is 0 Å². The van der Waals surface area contributed by atoms with E-state index in [1.807, 2.05) is 13.8 Å². The molecule has 0 saturated carbocycles. The lowest BCUT2D eigenvalue weighted by Crippen LogP contribution is -2.43. The smallest absolute Gasteiger partial charge is 0.261 e. The molecule has 0 spiro atoms. The van der Waals surface area contributed by atoms with Crippen LogP contribution in [0.15, 0.2) is 24.3 Å². The minimum Gasteiger partial charge on any atom is -0.352 e. The summed E-state index contributed by atoms with van der Waals surface area (Å²) in [5.74, 6) is -1.26. The van der Waals surface area contributed by atoms with E-state index in [0.717, 1.165) is 4.90 Å². The summed E-state index contributed by atoms with van der Waals surface area (Å²) in [6.07, 6.45) is -0.00569. The zero-order valence-electron chi connectivity index (χ0n) is 14.7. The summed E-state index contributed by atoms with van der Waals surface area (Å²) in [5.41, 5.74) is 0.729. The normalized spacial score (nSPS) is 13.2. The summed E-state index contributed by atoms with van der Waals surface area (Å²) in [6.45, 7) is 5.83. The van der Waals surface area contributed by atoms with Gasteiger partial charge in [0.25, 0.3) is 11.8 Å². The average molecular weight is 345 g/mol. The molecule has 0 aliphatic carbocycles. The summed E-state index contributed by atoms with van der Waals surface area (Å²) in [5, 5.41) is 2.73. The van der Waals surface area contributed by atoms with E-state index in [9.17, 15) is 19.2 Å². The molecule has 0 bridgehead atoms. The third-order valence-electron chi connectivity index (χ3n) is 3.95. The third-order valence-corrected chi connectivity index (χ3v) is 3.95. The first-order valence-corrected chi connectivity index (χ1v) is 8.37. The summed E-state index contributed by atoms with van der Waals surface area (Å²) in [6, 6.07) is 6.60. The molecular formula is C18H23N3O4. The maximum atomic E-state index is 12.3. The Bertz CT molecular complexity index is 664. The standard InChI is InChI=1S/C18H23N3O4/c1-4-20(11-15(22)19-12(2)3)16(23)9-10-21-17(24)13-7-5-6-8-14(13)18(21)25/h5-8,12H,4,9-11H2,1-3H3,(H,19,22). The summed E-state index contributed by atoms with van der Waals surface area (Å²) in [7, 11) is 0. The zero-order valence-corrected chi connectivity index (χ0v) is 14.7. The van der Waals surface area contributed by atoms with Crippen molar-refractivity contribution < 1.29 is 19.2 Å². The number of nitrogens with zero attached hydrogens (tertiary/aromatic N) is 2. The summed E-state index contributed by atoms with van der Waals surface area (Å²) < 4.78 is 0. The van der Waals surface area contributed by atoms with E-state index in [0.29, 0.717) is 17.7 Å². The molecule has 134 valence electrons. The van der Waals surface area contributed by atoms with Gasteiger partial charge < -0.3 is 10.2 Å². The highest BCUT2D eigenvalue weighted by atomic mass is 16.2. The highest BCUT2D eigenvalue weighted by Crippen LogP contribution is 2.22. The molecule has 0 fully saturated rings. The van der Waals surface area contributed by atoms with Crippen LogP contribution in [-0.2, 0) is 9.59 Å². The van der Waals surface area contributed by atoms with Gasteiger partial charge in [-0.15, -0.1) is 0 Å². The highest BCUT2D eigenvalue weighted by molar-refractivity contribution is 6.21. The molecule has 0 radical (unpaired) electrons. The number of rotatable bonds is 7. The topological polar surface area (TPSA) is 86.8 Å². The number of carbonyl (C=O) groups is 4. The second-order valence-electron chi connectivity index (χ2n) is 6.19. The van der Waals surface area contributed by atoms with Crippen LogP contribution in [0.1, 0.15) is 47.9 Å². The minimum absolute atomic E-state index is 0.000319. The summed E-state index contributed by atoms with van der Waals surface area (Å²) >= 11 is 0. The van der Waals surface area contributed by atoms with E-state index < -0.39 is 0 Å². The predicted molar refractivity (Wildman–Crippen MR) is 92.0 cm³/mol. The maximum absolute atomic E-state index is 12.3. The molecule has 1 aliphatic heterocycles. The Balaban J connectivity index is 1.94. The fourth-order valence-electron chi connectivity index (χ4n) is 2.73. The van der Waals surface area contributed by atoms with Gasteiger partial charge in [-0.05, 0) is 32.9 Å². The molecule has 0 aromatic heterocycles. The zero-order chi connectivity index (χ0) is 18.6. The SMILES string of the molecule is CCN(CC(=O)NC(C)C)C(=O)CCN1C(=O)c2ccccc2C1=O. The second-order valence-corrected chi connectivity index (χ2v) is 6.19. The Hall–Kier alpha value is -2.70. The molecule has 2 rings (SSSR count). The number of amides is 4. The van der Waals surface area contributed by atoms with Gasteiger partial charge in [-0.3, -0.25) is 24.1 Å². The Morgan fingerprint density at radius 3 is 2.16 bits per heavy atom. The highest BCUT2D eigenvalue weighted by Gasteiger charge is 2.35. The van der Waals surface area contributed by atoms with Crippen LogP contribution >= 0.6 is 0 Å². The van der Waals surface area contributed by atoms with E-state index in [1.54, 1.807) is 31.2 Å². The molecule has 7 heteroatoms. The molecule has 1 aromatic rings. The van der Waals surface area contributed by atoms with Gasteiger partial charge in [-0.2, -0.15) is 0 Å². The Labute approximate surface area is 147 Å². The van der Waals surface area contributed by atoms with Gasteiger partial charge in [0.1, 0.15) is 0 Å². The molecule has 7 nitrogen and oxygen atoms in total. The van der Waals surface area contributed by atoms with Crippen LogP contribution < -0.4 is 5.32 Å². The molecule has 4 amide bonds. The van der Waals surface area contributed by atoms with Crippen molar-refractivity contribution in [2.24, 2.45) is 0 Å². The minimum atomic E-state index is -0.381. The van der Waals surface area contributed by atoms with E-state index >= 15 is 0 Å². The van der Waals surface area contributed by atoms with Crippen molar-refractivity contribution in [2.75, 3.05) is 19.6 Å². The number of benzene rings is 1. The number of hydrogen-bond acceptors (Lipinski definition) is 4. The molecule has 0 unspecified atom stereocenters. The number of carbonyl (C=O) groups excluding carboxylic acids is 4.